The molecule has 0 N–H and O–H groups in total. The van der Waals surface area contributed by atoms with Crippen LogP contribution in [0.2, 0.25) is 0 Å². The van der Waals surface area contributed by atoms with Crippen LogP contribution in [-0.2, 0) is 4.74 Å². The second kappa shape index (κ2) is 10.0. The van der Waals surface area contributed by atoms with Crippen LogP contribution in [0.1, 0.15) is 65.7 Å². The molecule has 80 valence electrons. The van der Waals surface area contributed by atoms with Crippen molar-refractivity contribution in [1.82, 2.24) is 0 Å². The molecule has 1 nitrogen and oxygen atoms in total. The van der Waals surface area contributed by atoms with Gasteiger partial charge in [-0.3, -0.25) is 0 Å². The molecule has 0 aliphatic rings. The summed E-state index contributed by atoms with van der Waals surface area (Å²) in [6.07, 6.45) is 9.57. The van der Waals surface area contributed by atoms with Gasteiger partial charge in [0.2, 0.25) is 0 Å². The summed E-state index contributed by atoms with van der Waals surface area (Å²) in [4.78, 5) is 0. The van der Waals surface area contributed by atoms with Crippen LogP contribution in [0.3, 0.4) is 0 Å². The highest BCUT2D eigenvalue weighted by atomic mass is 16.5. The molecular weight excluding hydrogens is 160 g/mol. The fourth-order valence-electron chi connectivity index (χ4n) is 1.37. The van der Waals surface area contributed by atoms with E-state index >= 15 is 0 Å². The average molecular weight is 186 g/mol. The molecule has 0 unspecified atom stereocenters. The Hall–Kier alpha value is -0.0400. The first kappa shape index (κ1) is 13.0. The molecule has 0 spiro atoms. The van der Waals surface area contributed by atoms with E-state index < -0.39 is 0 Å². The molecule has 0 radical (unpaired) electrons. The van der Waals surface area contributed by atoms with Crippen LogP contribution < -0.4 is 0 Å². The van der Waals surface area contributed by atoms with E-state index in [-0.39, 0.29) is 0 Å². The monoisotopic (exact) mass is 186 g/mol. The van der Waals surface area contributed by atoms with E-state index in [1.54, 1.807) is 0 Å². The second-order valence-corrected chi connectivity index (χ2v) is 3.88. The zero-order chi connectivity index (χ0) is 9.94. The first-order chi connectivity index (χ1) is 6.31. The van der Waals surface area contributed by atoms with Gasteiger partial charge in [-0.25, -0.2) is 0 Å². The maximum absolute atomic E-state index is 5.66. The van der Waals surface area contributed by atoms with Crippen molar-refractivity contribution in [1.29, 1.82) is 0 Å². The van der Waals surface area contributed by atoms with Crippen molar-refractivity contribution in [2.75, 3.05) is 6.61 Å². The van der Waals surface area contributed by atoms with Gasteiger partial charge in [-0.15, -0.1) is 0 Å². The number of rotatable bonds is 9. The van der Waals surface area contributed by atoms with Crippen LogP contribution in [0.25, 0.3) is 0 Å². The molecule has 0 saturated carbocycles. The van der Waals surface area contributed by atoms with Crippen molar-refractivity contribution < 1.29 is 4.74 Å². The lowest BCUT2D eigenvalue weighted by Gasteiger charge is -2.12. The molecule has 0 aliphatic carbocycles. The Balaban J connectivity index is 3.05. The summed E-state index contributed by atoms with van der Waals surface area (Å²) in [7, 11) is 0. The molecule has 0 fully saturated rings. The summed E-state index contributed by atoms with van der Waals surface area (Å²) in [5.41, 5.74) is 0. The Labute approximate surface area is 83.9 Å². The van der Waals surface area contributed by atoms with Gasteiger partial charge in [0.15, 0.2) is 0 Å². The average Bonchev–Trinajstić information content (AvgIpc) is 2.13. The summed E-state index contributed by atoms with van der Waals surface area (Å²) in [5, 5.41) is 0. The summed E-state index contributed by atoms with van der Waals surface area (Å²) >= 11 is 0. The Morgan fingerprint density at radius 1 is 0.923 bits per heavy atom. The lowest BCUT2D eigenvalue weighted by Crippen LogP contribution is -2.08. The molecule has 1 atom stereocenters. The first-order valence-corrected chi connectivity index (χ1v) is 5.92. The van der Waals surface area contributed by atoms with E-state index in [1.165, 1.54) is 44.9 Å². The van der Waals surface area contributed by atoms with Gasteiger partial charge in [0.25, 0.3) is 0 Å². The van der Waals surface area contributed by atoms with Crippen LogP contribution >= 0.6 is 0 Å². The van der Waals surface area contributed by atoms with Crippen molar-refractivity contribution in [2.24, 2.45) is 0 Å². The zero-order valence-electron chi connectivity index (χ0n) is 9.64. The fourth-order valence-corrected chi connectivity index (χ4v) is 1.37. The topological polar surface area (TPSA) is 9.23 Å². The lowest BCUT2D eigenvalue weighted by atomic mass is 10.1. The van der Waals surface area contributed by atoms with E-state index in [4.69, 9.17) is 4.74 Å². The maximum Gasteiger partial charge on any atom is 0.0547 e. The van der Waals surface area contributed by atoms with Gasteiger partial charge in [-0.05, 0) is 19.8 Å². The van der Waals surface area contributed by atoms with Crippen LogP contribution in [0, 0.1) is 0 Å². The fraction of sp³-hybridized carbons (Fsp3) is 1.00. The van der Waals surface area contributed by atoms with Crippen LogP contribution in [0.15, 0.2) is 0 Å². The van der Waals surface area contributed by atoms with Gasteiger partial charge >= 0.3 is 0 Å². The first-order valence-electron chi connectivity index (χ1n) is 5.92. The summed E-state index contributed by atoms with van der Waals surface area (Å²) in [5.74, 6) is 0. The molecule has 1 heteroatoms. The summed E-state index contributed by atoms with van der Waals surface area (Å²) < 4.78 is 5.66. The highest BCUT2D eigenvalue weighted by molar-refractivity contribution is 4.51. The van der Waals surface area contributed by atoms with Gasteiger partial charge in [0.1, 0.15) is 0 Å². The molecule has 0 aromatic rings. The van der Waals surface area contributed by atoms with Crippen LogP contribution in [0.5, 0.6) is 0 Å². The highest BCUT2D eigenvalue weighted by Gasteiger charge is 2.00. The third kappa shape index (κ3) is 9.88. The number of ether oxygens (including phenoxy) is 1. The van der Waals surface area contributed by atoms with Crippen molar-refractivity contribution in [2.45, 2.75) is 71.8 Å². The van der Waals surface area contributed by atoms with E-state index in [0.717, 1.165) is 6.61 Å². The summed E-state index contributed by atoms with van der Waals surface area (Å²) in [6, 6.07) is 0. The second-order valence-electron chi connectivity index (χ2n) is 3.88. The predicted octanol–water partition coefficient (Wildman–Crippen LogP) is 4.16. The van der Waals surface area contributed by atoms with Crippen molar-refractivity contribution in [3.63, 3.8) is 0 Å². The van der Waals surface area contributed by atoms with Gasteiger partial charge in [0, 0.05) is 6.61 Å². The number of hydrogen-bond acceptors (Lipinski definition) is 1. The number of hydrogen-bond donors (Lipinski definition) is 0. The smallest absolute Gasteiger partial charge is 0.0547 e. The van der Waals surface area contributed by atoms with Gasteiger partial charge in [-0.1, -0.05) is 46.0 Å². The molecular formula is C12H26O. The van der Waals surface area contributed by atoms with Crippen molar-refractivity contribution in [3.8, 4) is 0 Å². The molecule has 0 heterocycles. The molecule has 0 aromatic carbocycles. The minimum Gasteiger partial charge on any atom is -0.379 e. The van der Waals surface area contributed by atoms with Gasteiger partial charge in [0.05, 0.1) is 6.10 Å². The third-order valence-corrected chi connectivity index (χ3v) is 2.36. The van der Waals surface area contributed by atoms with E-state index in [1.807, 2.05) is 0 Å². The molecule has 0 bridgehead atoms. The number of unbranched alkanes of at least 4 members (excludes halogenated alkanes) is 4. The predicted molar refractivity (Wildman–Crippen MR) is 59.1 cm³/mol. The SMILES string of the molecule is CCCCCC[C@@H](C)OCCCC. The Kier molecular flexibility index (Phi) is 10.0. The minimum absolute atomic E-state index is 0.475. The van der Waals surface area contributed by atoms with Crippen LogP contribution in [0.4, 0.5) is 0 Å². The zero-order valence-corrected chi connectivity index (χ0v) is 9.64. The van der Waals surface area contributed by atoms with Gasteiger partial charge < -0.3 is 4.74 Å². The molecule has 0 amide bonds. The Morgan fingerprint density at radius 2 is 1.62 bits per heavy atom. The molecule has 0 saturated heterocycles. The molecule has 0 rings (SSSR count). The standard InChI is InChI=1S/C12H26O/c1-4-6-8-9-10-12(3)13-11-7-5-2/h12H,4-11H2,1-3H3/t12-/m1/s1. The Morgan fingerprint density at radius 3 is 2.23 bits per heavy atom. The Bertz CT molecular complexity index is 91.1. The van der Waals surface area contributed by atoms with Crippen molar-refractivity contribution >= 4 is 0 Å². The minimum atomic E-state index is 0.475. The lowest BCUT2D eigenvalue weighted by molar-refractivity contribution is 0.0566. The van der Waals surface area contributed by atoms with E-state index in [0.29, 0.717) is 6.10 Å². The van der Waals surface area contributed by atoms with E-state index in [9.17, 15) is 0 Å². The van der Waals surface area contributed by atoms with Gasteiger partial charge in [-0.2, -0.15) is 0 Å². The van der Waals surface area contributed by atoms with E-state index in [2.05, 4.69) is 20.8 Å². The normalized spacial score (nSPS) is 13.2. The van der Waals surface area contributed by atoms with Crippen LogP contribution in [-0.4, -0.2) is 12.7 Å². The summed E-state index contributed by atoms with van der Waals surface area (Å²) in [6.45, 7) is 7.60. The highest BCUT2D eigenvalue weighted by Crippen LogP contribution is 2.08. The quantitative estimate of drug-likeness (QED) is 0.491. The molecule has 0 aliphatic heterocycles. The third-order valence-electron chi connectivity index (χ3n) is 2.36. The van der Waals surface area contributed by atoms with Crippen molar-refractivity contribution in [3.05, 3.63) is 0 Å². The maximum atomic E-state index is 5.66. The molecule has 0 aromatic heterocycles. The molecule has 13 heavy (non-hydrogen) atoms. The largest absolute Gasteiger partial charge is 0.379 e.